The van der Waals surface area contributed by atoms with Gasteiger partial charge in [-0.2, -0.15) is 0 Å². The SMILES string of the molecule is CCOc1ccc(N)c(S(=O)(=O)CC(=O)N(CC)CC)c1. The maximum Gasteiger partial charge on any atom is 0.238 e. The van der Waals surface area contributed by atoms with Crippen molar-refractivity contribution >= 4 is 21.4 Å². The molecule has 7 heteroatoms. The third-order valence-corrected chi connectivity index (χ3v) is 4.71. The molecule has 0 aromatic heterocycles. The zero-order chi connectivity index (χ0) is 16.0. The van der Waals surface area contributed by atoms with Gasteiger partial charge in [0.05, 0.1) is 17.2 Å². The Balaban J connectivity index is 3.07. The van der Waals surface area contributed by atoms with Crippen LogP contribution in [0, 0.1) is 0 Å². The number of hydrogen-bond donors (Lipinski definition) is 1. The van der Waals surface area contributed by atoms with Gasteiger partial charge in [0.15, 0.2) is 9.84 Å². The first-order valence-corrected chi connectivity index (χ1v) is 8.53. The van der Waals surface area contributed by atoms with E-state index >= 15 is 0 Å². The van der Waals surface area contributed by atoms with Crippen molar-refractivity contribution in [2.75, 3.05) is 31.2 Å². The van der Waals surface area contributed by atoms with Gasteiger partial charge in [0.1, 0.15) is 11.5 Å². The molecule has 0 aliphatic rings. The number of nitrogen functional groups attached to an aromatic ring is 1. The summed E-state index contributed by atoms with van der Waals surface area (Å²) in [6.07, 6.45) is 0. The molecule has 1 amide bonds. The van der Waals surface area contributed by atoms with E-state index in [0.717, 1.165) is 0 Å². The number of rotatable bonds is 7. The highest BCUT2D eigenvalue weighted by Gasteiger charge is 2.24. The van der Waals surface area contributed by atoms with Gasteiger partial charge < -0.3 is 15.4 Å². The van der Waals surface area contributed by atoms with E-state index in [1.54, 1.807) is 26.8 Å². The summed E-state index contributed by atoms with van der Waals surface area (Å²) in [6.45, 7) is 6.77. The molecule has 21 heavy (non-hydrogen) atoms. The summed E-state index contributed by atoms with van der Waals surface area (Å²) >= 11 is 0. The maximum absolute atomic E-state index is 12.4. The normalized spacial score (nSPS) is 11.2. The summed E-state index contributed by atoms with van der Waals surface area (Å²) < 4.78 is 30.0. The van der Waals surface area contributed by atoms with Gasteiger partial charge in [-0.3, -0.25) is 4.79 Å². The van der Waals surface area contributed by atoms with Crippen LogP contribution in [0.1, 0.15) is 20.8 Å². The number of hydrogen-bond acceptors (Lipinski definition) is 5. The lowest BCUT2D eigenvalue weighted by Crippen LogP contribution is -2.35. The van der Waals surface area contributed by atoms with Gasteiger partial charge in [0.2, 0.25) is 5.91 Å². The highest BCUT2D eigenvalue weighted by atomic mass is 32.2. The topological polar surface area (TPSA) is 89.7 Å². The molecular formula is C14H22N2O4S. The first-order chi connectivity index (χ1) is 9.85. The van der Waals surface area contributed by atoms with Gasteiger partial charge in [0.25, 0.3) is 0 Å². The Hall–Kier alpha value is -1.76. The number of nitrogens with two attached hydrogens (primary N) is 1. The molecule has 0 spiro atoms. The van der Waals surface area contributed by atoms with Crippen LogP contribution in [0.2, 0.25) is 0 Å². The quantitative estimate of drug-likeness (QED) is 0.766. The van der Waals surface area contributed by atoms with Crippen molar-refractivity contribution in [3.63, 3.8) is 0 Å². The van der Waals surface area contributed by atoms with Crippen molar-refractivity contribution in [1.82, 2.24) is 4.90 Å². The largest absolute Gasteiger partial charge is 0.494 e. The maximum atomic E-state index is 12.4. The Bertz CT molecular complexity index is 595. The van der Waals surface area contributed by atoms with E-state index in [1.165, 1.54) is 17.0 Å². The average Bonchev–Trinajstić information content (AvgIpc) is 2.42. The molecule has 1 aromatic rings. The minimum Gasteiger partial charge on any atom is -0.494 e. The van der Waals surface area contributed by atoms with E-state index in [1.807, 2.05) is 0 Å². The molecule has 0 fully saturated rings. The molecule has 1 rings (SSSR count). The molecule has 6 nitrogen and oxygen atoms in total. The molecular weight excluding hydrogens is 292 g/mol. The Morgan fingerprint density at radius 1 is 1.24 bits per heavy atom. The number of carbonyl (C=O) groups is 1. The Morgan fingerprint density at radius 3 is 2.38 bits per heavy atom. The molecule has 1 aromatic carbocycles. The van der Waals surface area contributed by atoms with Gasteiger partial charge >= 0.3 is 0 Å². The summed E-state index contributed by atoms with van der Waals surface area (Å²) in [6, 6.07) is 4.44. The predicted molar refractivity (Wildman–Crippen MR) is 82.0 cm³/mol. The number of nitrogens with zero attached hydrogens (tertiary/aromatic N) is 1. The second-order valence-electron chi connectivity index (χ2n) is 4.46. The number of ether oxygens (including phenoxy) is 1. The summed E-state index contributed by atoms with van der Waals surface area (Å²) in [7, 11) is -3.79. The van der Waals surface area contributed by atoms with Crippen LogP contribution in [-0.4, -0.2) is 44.7 Å². The molecule has 0 bridgehead atoms. The molecule has 0 aliphatic heterocycles. The Morgan fingerprint density at radius 2 is 1.86 bits per heavy atom. The van der Waals surface area contributed by atoms with Crippen molar-refractivity contribution in [2.45, 2.75) is 25.7 Å². The van der Waals surface area contributed by atoms with Crippen LogP contribution < -0.4 is 10.5 Å². The van der Waals surface area contributed by atoms with E-state index in [9.17, 15) is 13.2 Å². The number of anilines is 1. The highest BCUT2D eigenvalue weighted by Crippen LogP contribution is 2.25. The lowest BCUT2D eigenvalue weighted by molar-refractivity contribution is -0.128. The minimum absolute atomic E-state index is 0.0612. The van der Waals surface area contributed by atoms with E-state index in [2.05, 4.69) is 0 Å². The Kier molecular flexibility index (Phi) is 6.02. The van der Waals surface area contributed by atoms with Crippen LogP contribution in [0.3, 0.4) is 0 Å². The third-order valence-electron chi connectivity index (χ3n) is 3.06. The van der Waals surface area contributed by atoms with Crippen molar-refractivity contribution in [3.8, 4) is 5.75 Å². The lowest BCUT2D eigenvalue weighted by atomic mass is 10.3. The van der Waals surface area contributed by atoms with Crippen LogP contribution in [0.15, 0.2) is 23.1 Å². The summed E-state index contributed by atoms with van der Waals surface area (Å²) in [4.78, 5) is 13.4. The fraction of sp³-hybridized carbons (Fsp3) is 0.500. The van der Waals surface area contributed by atoms with Crippen LogP contribution in [0.5, 0.6) is 5.75 Å². The monoisotopic (exact) mass is 314 g/mol. The second kappa shape index (κ2) is 7.31. The van der Waals surface area contributed by atoms with E-state index in [-0.39, 0.29) is 10.6 Å². The molecule has 118 valence electrons. The minimum atomic E-state index is -3.79. The molecule has 0 unspecified atom stereocenters. The predicted octanol–water partition coefficient (Wildman–Crippen LogP) is 1.31. The fourth-order valence-electron chi connectivity index (χ4n) is 1.95. The van der Waals surface area contributed by atoms with Crippen molar-refractivity contribution in [2.24, 2.45) is 0 Å². The van der Waals surface area contributed by atoms with Gasteiger partial charge in [-0.1, -0.05) is 0 Å². The zero-order valence-electron chi connectivity index (χ0n) is 12.6. The Labute approximate surface area is 125 Å². The van der Waals surface area contributed by atoms with Crippen molar-refractivity contribution < 1.29 is 17.9 Å². The lowest BCUT2D eigenvalue weighted by Gasteiger charge is -2.19. The summed E-state index contributed by atoms with van der Waals surface area (Å²) in [5.74, 6) is -0.601. The zero-order valence-corrected chi connectivity index (χ0v) is 13.4. The van der Waals surface area contributed by atoms with Crippen LogP contribution in [0.4, 0.5) is 5.69 Å². The van der Waals surface area contributed by atoms with Gasteiger partial charge in [0, 0.05) is 19.2 Å². The highest BCUT2D eigenvalue weighted by molar-refractivity contribution is 7.92. The van der Waals surface area contributed by atoms with Crippen LogP contribution in [-0.2, 0) is 14.6 Å². The molecule has 0 saturated heterocycles. The van der Waals surface area contributed by atoms with Crippen LogP contribution in [0.25, 0.3) is 0 Å². The molecule has 0 saturated carbocycles. The summed E-state index contributed by atoms with van der Waals surface area (Å²) in [5.41, 5.74) is 5.85. The number of sulfone groups is 1. The number of amides is 1. The molecule has 0 atom stereocenters. The van der Waals surface area contributed by atoms with E-state index in [0.29, 0.717) is 25.4 Å². The first kappa shape index (κ1) is 17.3. The van der Waals surface area contributed by atoms with Crippen molar-refractivity contribution in [3.05, 3.63) is 18.2 Å². The third kappa shape index (κ3) is 4.35. The molecule has 0 aliphatic carbocycles. The van der Waals surface area contributed by atoms with E-state index in [4.69, 9.17) is 10.5 Å². The van der Waals surface area contributed by atoms with E-state index < -0.39 is 21.5 Å². The van der Waals surface area contributed by atoms with Gasteiger partial charge in [-0.05, 0) is 32.9 Å². The smallest absolute Gasteiger partial charge is 0.238 e. The standard InChI is InChI=1S/C14H22N2O4S/c1-4-16(5-2)14(17)10-21(18,19)13-9-11(20-6-3)7-8-12(13)15/h7-9H,4-6,10,15H2,1-3H3. The van der Waals surface area contributed by atoms with Crippen LogP contribution >= 0.6 is 0 Å². The number of carbonyl (C=O) groups excluding carboxylic acids is 1. The van der Waals surface area contributed by atoms with Crippen molar-refractivity contribution in [1.29, 1.82) is 0 Å². The molecule has 0 heterocycles. The first-order valence-electron chi connectivity index (χ1n) is 6.88. The average molecular weight is 314 g/mol. The second-order valence-corrected chi connectivity index (χ2v) is 6.42. The molecule has 2 N–H and O–H groups in total. The molecule has 0 radical (unpaired) electrons. The number of benzene rings is 1. The fourth-order valence-corrected chi connectivity index (χ4v) is 3.33. The summed E-state index contributed by atoms with van der Waals surface area (Å²) in [5, 5.41) is 0. The van der Waals surface area contributed by atoms with Gasteiger partial charge in [-0.25, -0.2) is 8.42 Å². The van der Waals surface area contributed by atoms with Gasteiger partial charge in [-0.15, -0.1) is 0 Å².